The van der Waals surface area contributed by atoms with E-state index in [1.807, 2.05) is 13.8 Å². The molecular formula is C16H26N2O. The van der Waals surface area contributed by atoms with Crippen molar-refractivity contribution < 1.29 is 5.11 Å². The lowest BCUT2D eigenvalue weighted by Crippen LogP contribution is -2.45. The van der Waals surface area contributed by atoms with Gasteiger partial charge in [-0.15, -0.1) is 0 Å². The van der Waals surface area contributed by atoms with E-state index in [2.05, 4.69) is 28.9 Å². The summed E-state index contributed by atoms with van der Waals surface area (Å²) in [4.78, 5) is 5.06. The highest BCUT2D eigenvalue weighted by Gasteiger charge is 2.16. The molecule has 1 N–H and O–H groups in total. The van der Waals surface area contributed by atoms with Gasteiger partial charge in [-0.25, -0.2) is 0 Å². The van der Waals surface area contributed by atoms with Gasteiger partial charge < -0.3 is 10.0 Å². The van der Waals surface area contributed by atoms with Crippen LogP contribution < -0.4 is 0 Å². The molecule has 3 heteroatoms. The van der Waals surface area contributed by atoms with Crippen molar-refractivity contribution in [3.05, 3.63) is 28.8 Å². The van der Waals surface area contributed by atoms with E-state index in [0.29, 0.717) is 5.75 Å². The highest BCUT2D eigenvalue weighted by molar-refractivity contribution is 5.42. The summed E-state index contributed by atoms with van der Waals surface area (Å²) in [5.74, 6) is 0.441. The Morgan fingerprint density at radius 2 is 1.53 bits per heavy atom. The molecule has 2 rings (SSSR count). The Morgan fingerprint density at radius 3 is 2.05 bits per heavy atom. The summed E-state index contributed by atoms with van der Waals surface area (Å²) in [5.41, 5.74) is 3.29. The van der Waals surface area contributed by atoms with Crippen LogP contribution in [0.15, 0.2) is 12.1 Å². The van der Waals surface area contributed by atoms with Crippen LogP contribution in [0.25, 0.3) is 0 Å². The molecule has 0 bridgehead atoms. The lowest BCUT2D eigenvalue weighted by Gasteiger charge is -2.34. The van der Waals surface area contributed by atoms with Crippen LogP contribution in [0.5, 0.6) is 5.75 Å². The van der Waals surface area contributed by atoms with E-state index >= 15 is 0 Å². The molecule has 1 aliphatic heterocycles. The number of piperazine rings is 1. The fourth-order valence-corrected chi connectivity index (χ4v) is 2.88. The van der Waals surface area contributed by atoms with Crippen molar-refractivity contribution in [3.8, 4) is 5.75 Å². The Kier molecular flexibility index (Phi) is 4.83. The van der Waals surface area contributed by atoms with Gasteiger partial charge in [0.2, 0.25) is 0 Å². The predicted octanol–water partition coefficient (Wildman–Crippen LogP) is 2.54. The van der Waals surface area contributed by atoms with Gasteiger partial charge in [-0.05, 0) is 43.5 Å². The third kappa shape index (κ3) is 3.71. The summed E-state index contributed by atoms with van der Waals surface area (Å²) in [6, 6.07) is 4.22. The maximum atomic E-state index is 9.81. The molecule has 1 aromatic rings. The second-order valence-electron chi connectivity index (χ2n) is 5.70. The molecule has 0 atom stereocenters. The van der Waals surface area contributed by atoms with E-state index in [1.54, 1.807) is 0 Å². The van der Waals surface area contributed by atoms with Gasteiger partial charge in [0.1, 0.15) is 5.75 Å². The summed E-state index contributed by atoms with van der Waals surface area (Å²) in [6.07, 6.45) is 1.25. The van der Waals surface area contributed by atoms with Gasteiger partial charge in [0.15, 0.2) is 0 Å². The highest BCUT2D eigenvalue weighted by atomic mass is 16.3. The second kappa shape index (κ2) is 6.40. The summed E-state index contributed by atoms with van der Waals surface area (Å²) in [6.45, 7) is 13.1. The Morgan fingerprint density at radius 1 is 1.00 bits per heavy atom. The zero-order chi connectivity index (χ0) is 13.8. The van der Waals surface area contributed by atoms with E-state index in [0.717, 1.165) is 30.8 Å². The summed E-state index contributed by atoms with van der Waals surface area (Å²) in [7, 11) is 0. The standard InChI is InChI=1S/C16H26N2O/c1-4-5-17-6-8-18(9-7-17)12-15-10-13(2)16(19)14(3)11-15/h10-11,19H,4-9,12H2,1-3H3. The maximum Gasteiger partial charge on any atom is 0.121 e. The Balaban J connectivity index is 1.92. The number of benzene rings is 1. The average Bonchev–Trinajstić information content (AvgIpc) is 2.38. The third-order valence-electron chi connectivity index (χ3n) is 3.96. The van der Waals surface area contributed by atoms with Gasteiger partial charge >= 0.3 is 0 Å². The van der Waals surface area contributed by atoms with Crippen molar-refractivity contribution in [2.24, 2.45) is 0 Å². The van der Waals surface area contributed by atoms with Crippen LogP contribution in [-0.4, -0.2) is 47.6 Å². The lowest BCUT2D eigenvalue weighted by molar-refractivity contribution is 0.127. The minimum atomic E-state index is 0.441. The molecule has 1 fully saturated rings. The van der Waals surface area contributed by atoms with E-state index in [9.17, 15) is 5.11 Å². The molecule has 3 nitrogen and oxygen atoms in total. The van der Waals surface area contributed by atoms with Crippen molar-refractivity contribution in [3.63, 3.8) is 0 Å². The Hall–Kier alpha value is -1.06. The van der Waals surface area contributed by atoms with E-state index in [4.69, 9.17) is 0 Å². The van der Waals surface area contributed by atoms with Crippen molar-refractivity contribution in [1.29, 1.82) is 0 Å². The first-order valence-electron chi connectivity index (χ1n) is 7.34. The molecule has 0 radical (unpaired) electrons. The second-order valence-corrected chi connectivity index (χ2v) is 5.70. The molecule has 0 amide bonds. The molecule has 0 unspecified atom stereocenters. The molecule has 1 heterocycles. The molecular weight excluding hydrogens is 236 g/mol. The number of aromatic hydroxyl groups is 1. The first kappa shape index (κ1) is 14.4. The molecule has 0 spiro atoms. The summed E-state index contributed by atoms with van der Waals surface area (Å²) >= 11 is 0. The van der Waals surface area contributed by atoms with Crippen LogP contribution in [0, 0.1) is 13.8 Å². The number of hydrogen-bond acceptors (Lipinski definition) is 3. The molecule has 19 heavy (non-hydrogen) atoms. The molecule has 0 saturated carbocycles. The van der Waals surface area contributed by atoms with Gasteiger partial charge in [-0.3, -0.25) is 4.90 Å². The van der Waals surface area contributed by atoms with Crippen molar-refractivity contribution in [2.75, 3.05) is 32.7 Å². The van der Waals surface area contributed by atoms with Gasteiger partial charge in [0.25, 0.3) is 0 Å². The number of phenols is 1. The van der Waals surface area contributed by atoms with Gasteiger partial charge in [-0.2, -0.15) is 0 Å². The number of rotatable bonds is 4. The quantitative estimate of drug-likeness (QED) is 0.903. The highest BCUT2D eigenvalue weighted by Crippen LogP contribution is 2.23. The van der Waals surface area contributed by atoms with Gasteiger partial charge in [0.05, 0.1) is 0 Å². The van der Waals surface area contributed by atoms with Crippen molar-refractivity contribution in [2.45, 2.75) is 33.7 Å². The Bertz CT molecular complexity index is 400. The number of phenolic OH excluding ortho intramolecular Hbond substituents is 1. The third-order valence-corrected chi connectivity index (χ3v) is 3.96. The molecule has 0 aliphatic carbocycles. The van der Waals surface area contributed by atoms with Crippen molar-refractivity contribution in [1.82, 2.24) is 9.80 Å². The van der Waals surface area contributed by atoms with Crippen LogP contribution in [0.3, 0.4) is 0 Å². The summed E-state index contributed by atoms with van der Waals surface area (Å²) < 4.78 is 0. The van der Waals surface area contributed by atoms with Crippen LogP contribution >= 0.6 is 0 Å². The number of nitrogens with zero attached hydrogens (tertiary/aromatic N) is 2. The largest absolute Gasteiger partial charge is 0.507 e. The van der Waals surface area contributed by atoms with Crippen LogP contribution in [0.1, 0.15) is 30.0 Å². The predicted molar refractivity (Wildman–Crippen MR) is 79.6 cm³/mol. The van der Waals surface area contributed by atoms with Crippen molar-refractivity contribution >= 4 is 0 Å². The molecule has 1 aromatic carbocycles. The summed E-state index contributed by atoms with van der Waals surface area (Å²) in [5, 5.41) is 9.81. The minimum Gasteiger partial charge on any atom is -0.507 e. The number of hydrogen-bond donors (Lipinski definition) is 1. The molecule has 106 valence electrons. The zero-order valence-electron chi connectivity index (χ0n) is 12.4. The lowest BCUT2D eigenvalue weighted by atomic mass is 10.1. The SMILES string of the molecule is CCCN1CCN(Cc2cc(C)c(O)c(C)c2)CC1. The first-order chi connectivity index (χ1) is 9.10. The molecule has 1 aliphatic rings. The number of aryl methyl sites for hydroxylation is 2. The fourth-order valence-electron chi connectivity index (χ4n) is 2.88. The topological polar surface area (TPSA) is 26.7 Å². The minimum absolute atomic E-state index is 0.441. The zero-order valence-corrected chi connectivity index (χ0v) is 12.4. The molecule has 0 aromatic heterocycles. The van der Waals surface area contributed by atoms with Crippen LogP contribution in [0.2, 0.25) is 0 Å². The molecule has 1 saturated heterocycles. The fraction of sp³-hybridized carbons (Fsp3) is 0.625. The first-order valence-corrected chi connectivity index (χ1v) is 7.34. The van der Waals surface area contributed by atoms with Crippen LogP contribution in [-0.2, 0) is 6.54 Å². The normalized spacial score (nSPS) is 17.8. The van der Waals surface area contributed by atoms with Gasteiger partial charge in [0, 0.05) is 32.7 Å². The van der Waals surface area contributed by atoms with Crippen LogP contribution in [0.4, 0.5) is 0 Å². The smallest absolute Gasteiger partial charge is 0.121 e. The average molecular weight is 262 g/mol. The van der Waals surface area contributed by atoms with E-state index in [1.165, 1.54) is 31.6 Å². The van der Waals surface area contributed by atoms with E-state index < -0.39 is 0 Å². The monoisotopic (exact) mass is 262 g/mol. The maximum absolute atomic E-state index is 9.81. The van der Waals surface area contributed by atoms with E-state index in [-0.39, 0.29) is 0 Å². The van der Waals surface area contributed by atoms with Gasteiger partial charge in [-0.1, -0.05) is 19.1 Å². The Labute approximate surface area is 116 Å².